The predicted molar refractivity (Wildman–Crippen MR) is 79.1 cm³/mol. The van der Waals surface area contributed by atoms with Gasteiger partial charge in [0.15, 0.2) is 0 Å². The maximum Gasteiger partial charge on any atom is 0.146 e. The van der Waals surface area contributed by atoms with Crippen molar-refractivity contribution >= 4 is 40.5 Å². The van der Waals surface area contributed by atoms with Gasteiger partial charge in [-0.15, -0.1) is 0 Å². The predicted octanol–water partition coefficient (Wildman–Crippen LogP) is 4.26. The molecule has 0 bridgehead atoms. The highest BCUT2D eigenvalue weighted by molar-refractivity contribution is 6.44. The zero-order chi connectivity index (χ0) is 13.8. The second-order valence-corrected chi connectivity index (χ2v) is 5.22. The molecule has 0 aliphatic carbocycles. The average molecular weight is 320 g/mol. The van der Waals surface area contributed by atoms with E-state index in [1.165, 1.54) is 0 Å². The third-order valence-electron chi connectivity index (χ3n) is 2.58. The van der Waals surface area contributed by atoms with Crippen LogP contribution >= 0.6 is 34.8 Å². The maximum absolute atomic E-state index is 6.09. The van der Waals surface area contributed by atoms with Crippen LogP contribution in [0.4, 0.5) is 5.69 Å². The molecule has 2 aromatic rings. The molecule has 0 saturated carbocycles. The molecule has 102 valence electrons. The number of hydrogen-bond acceptors (Lipinski definition) is 3. The van der Waals surface area contributed by atoms with E-state index in [4.69, 9.17) is 34.8 Å². The summed E-state index contributed by atoms with van der Waals surface area (Å²) in [7, 11) is 0. The molecular weight excluding hydrogens is 307 g/mol. The van der Waals surface area contributed by atoms with Gasteiger partial charge in [0, 0.05) is 6.54 Å². The van der Waals surface area contributed by atoms with Crippen LogP contribution in [0, 0.1) is 0 Å². The van der Waals surface area contributed by atoms with Crippen LogP contribution in [0.1, 0.15) is 19.2 Å². The van der Waals surface area contributed by atoms with Gasteiger partial charge in [-0.1, -0.05) is 41.7 Å². The Morgan fingerprint density at radius 1 is 1.16 bits per heavy atom. The Balaban J connectivity index is 2.10. The summed E-state index contributed by atoms with van der Waals surface area (Å²) in [5.41, 5.74) is 0.724. The molecule has 0 aliphatic heterocycles. The zero-order valence-electron chi connectivity index (χ0n) is 10.3. The highest BCUT2D eigenvalue weighted by Crippen LogP contribution is 2.32. The first-order chi connectivity index (χ1) is 9.11. The van der Waals surface area contributed by atoms with Crippen molar-refractivity contribution in [1.82, 2.24) is 14.8 Å². The van der Waals surface area contributed by atoms with E-state index < -0.39 is 0 Å². The molecule has 7 heteroatoms. The minimum Gasteiger partial charge on any atom is -0.377 e. The van der Waals surface area contributed by atoms with Crippen LogP contribution in [-0.2, 0) is 13.1 Å². The molecule has 0 radical (unpaired) electrons. The van der Waals surface area contributed by atoms with Crippen LogP contribution < -0.4 is 5.32 Å². The lowest BCUT2D eigenvalue weighted by Gasteiger charge is -2.10. The van der Waals surface area contributed by atoms with E-state index in [-0.39, 0.29) is 0 Å². The maximum atomic E-state index is 6.09. The molecule has 1 aromatic carbocycles. The van der Waals surface area contributed by atoms with Gasteiger partial charge in [-0.3, -0.25) is 0 Å². The zero-order valence-corrected chi connectivity index (χ0v) is 12.6. The lowest BCUT2D eigenvalue weighted by Crippen LogP contribution is -2.10. The molecule has 1 heterocycles. The Bertz CT molecular complexity index is 568. The molecular formula is C12H13Cl3N4. The van der Waals surface area contributed by atoms with Crippen molar-refractivity contribution in [3.63, 3.8) is 0 Å². The first kappa shape index (κ1) is 14.4. The summed E-state index contributed by atoms with van der Waals surface area (Å²) in [6.45, 7) is 3.46. The van der Waals surface area contributed by atoms with E-state index in [0.717, 1.165) is 24.5 Å². The molecule has 0 atom stereocenters. The molecule has 0 spiro atoms. The first-order valence-corrected chi connectivity index (χ1v) is 7.00. The smallest absolute Gasteiger partial charge is 0.146 e. The van der Waals surface area contributed by atoms with Crippen LogP contribution in [0.2, 0.25) is 15.1 Å². The summed E-state index contributed by atoms with van der Waals surface area (Å²) in [6.07, 6.45) is 2.55. The molecule has 19 heavy (non-hydrogen) atoms. The number of aromatic nitrogens is 3. The lowest BCUT2D eigenvalue weighted by molar-refractivity contribution is 0.574. The van der Waals surface area contributed by atoms with Gasteiger partial charge in [-0.25, -0.2) is 9.67 Å². The molecule has 0 saturated heterocycles. The molecule has 0 fully saturated rings. The normalized spacial score (nSPS) is 10.7. The van der Waals surface area contributed by atoms with E-state index in [9.17, 15) is 0 Å². The fourth-order valence-electron chi connectivity index (χ4n) is 1.66. The number of anilines is 1. The Kier molecular flexibility index (Phi) is 4.91. The summed E-state index contributed by atoms with van der Waals surface area (Å²) in [4.78, 5) is 4.21. The van der Waals surface area contributed by atoms with E-state index in [2.05, 4.69) is 22.3 Å². The second kappa shape index (κ2) is 6.46. The Hall–Kier alpha value is -0.970. The van der Waals surface area contributed by atoms with Crippen molar-refractivity contribution < 1.29 is 0 Å². The van der Waals surface area contributed by atoms with E-state index >= 15 is 0 Å². The summed E-state index contributed by atoms with van der Waals surface area (Å²) >= 11 is 17.9. The average Bonchev–Trinajstić information content (AvgIpc) is 2.80. The SMILES string of the molecule is CCCn1ncnc1CNc1cc(Cl)c(Cl)cc1Cl. The van der Waals surface area contributed by atoms with Crippen LogP contribution in [0.25, 0.3) is 0 Å². The van der Waals surface area contributed by atoms with Crippen molar-refractivity contribution in [2.45, 2.75) is 26.4 Å². The van der Waals surface area contributed by atoms with Crippen LogP contribution in [0.3, 0.4) is 0 Å². The molecule has 0 aliphatic rings. The second-order valence-electron chi connectivity index (χ2n) is 4.00. The molecule has 4 nitrogen and oxygen atoms in total. The molecule has 1 N–H and O–H groups in total. The minimum atomic E-state index is 0.436. The van der Waals surface area contributed by atoms with Gasteiger partial charge in [0.2, 0.25) is 0 Å². The third kappa shape index (κ3) is 3.53. The monoisotopic (exact) mass is 318 g/mol. The number of aryl methyl sites for hydroxylation is 1. The van der Waals surface area contributed by atoms with E-state index in [1.807, 2.05) is 4.68 Å². The van der Waals surface area contributed by atoms with Crippen molar-refractivity contribution in [2.75, 3.05) is 5.32 Å². The van der Waals surface area contributed by atoms with Crippen LogP contribution in [-0.4, -0.2) is 14.8 Å². The van der Waals surface area contributed by atoms with Gasteiger partial charge >= 0.3 is 0 Å². The summed E-state index contributed by atoms with van der Waals surface area (Å²) in [5.74, 6) is 0.851. The van der Waals surface area contributed by atoms with Crippen LogP contribution in [0.15, 0.2) is 18.5 Å². The van der Waals surface area contributed by atoms with Crippen molar-refractivity contribution in [3.8, 4) is 0 Å². The van der Waals surface area contributed by atoms with Gasteiger partial charge in [0.25, 0.3) is 0 Å². The summed E-state index contributed by atoms with van der Waals surface area (Å²) < 4.78 is 1.86. The van der Waals surface area contributed by atoms with Gasteiger partial charge in [0.05, 0.1) is 27.3 Å². The fraction of sp³-hybridized carbons (Fsp3) is 0.333. The van der Waals surface area contributed by atoms with Gasteiger partial charge in [-0.2, -0.15) is 5.10 Å². The van der Waals surface area contributed by atoms with Crippen molar-refractivity contribution in [3.05, 3.63) is 39.4 Å². The Morgan fingerprint density at radius 2 is 1.89 bits per heavy atom. The first-order valence-electron chi connectivity index (χ1n) is 5.87. The lowest BCUT2D eigenvalue weighted by atomic mass is 10.3. The number of halogens is 3. The highest BCUT2D eigenvalue weighted by Gasteiger charge is 2.08. The Labute approximate surface area is 126 Å². The van der Waals surface area contributed by atoms with E-state index in [0.29, 0.717) is 21.6 Å². The number of nitrogens with one attached hydrogen (secondary N) is 1. The largest absolute Gasteiger partial charge is 0.377 e. The molecule has 1 aromatic heterocycles. The van der Waals surface area contributed by atoms with Gasteiger partial charge < -0.3 is 5.32 Å². The highest BCUT2D eigenvalue weighted by atomic mass is 35.5. The molecule has 2 rings (SSSR count). The van der Waals surface area contributed by atoms with E-state index in [1.54, 1.807) is 18.5 Å². The minimum absolute atomic E-state index is 0.436. The van der Waals surface area contributed by atoms with Gasteiger partial charge in [-0.05, 0) is 18.6 Å². The summed E-state index contributed by atoms with van der Waals surface area (Å²) in [6, 6.07) is 3.32. The quantitative estimate of drug-likeness (QED) is 0.837. The Morgan fingerprint density at radius 3 is 2.63 bits per heavy atom. The van der Waals surface area contributed by atoms with Crippen molar-refractivity contribution in [1.29, 1.82) is 0 Å². The third-order valence-corrected chi connectivity index (χ3v) is 3.61. The number of nitrogens with zero attached hydrogens (tertiary/aromatic N) is 3. The number of benzene rings is 1. The van der Waals surface area contributed by atoms with Gasteiger partial charge in [0.1, 0.15) is 12.2 Å². The summed E-state index contributed by atoms with van der Waals surface area (Å²) in [5, 5.41) is 8.76. The number of hydrogen-bond donors (Lipinski definition) is 1. The van der Waals surface area contributed by atoms with Crippen molar-refractivity contribution in [2.24, 2.45) is 0 Å². The topological polar surface area (TPSA) is 42.7 Å². The molecule has 0 unspecified atom stereocenters. The number of rotatable bonds is 5. The van der Waals surface area contributed by atoms with Crippen LogP contribution in [0.5, 0.6) is 0 Å². The fourth-order valence-corrected chi connectivity index (χ4v) is 2.27. The standard InChI is InChI=1S/C12H13Cl3N4/c1-2-3-19-12(17-7-18-19)6-16-11-5-9(14)8(13)4-10(11)15/h4-5,7,16H,2-3,6H2,1H3. The molecule has 0 amide bonds.